The van der Waals surface area contributed by atoms with E-state index in [1.807, 2.05) is 66.1 Å². The molecule has 0 fully saturated rings. The number of aromatic nitrogens is 3. The number of carbonyl (C=O) groups excluding carboxylic acids is 1. The van der Waals surface area contributed by atoms with Crippen LogP contribution in [0.3, 0.4) is 0 Å². The lowest BCUT2D eigenvalue weighted by Crippen LogP contribution is -2.23. The fourth-order valence-corrected chi connectivity index (χ4v) is 3.98. The van der Waals surface area contributed by atoms with Crippen molar-refractivity contribution in [1.29, 1.82) is 0 Å². The SMILES string of the molecule is [C-]#[N+]/C(=C\c1c(-c2ccc(C)cc2)c2c(N)ncnc2n1CCCO)C(=O)NCc1ccccc1. The van der Waals surface area contributed by atoms with Crippen molar-refractivity contribution in [3.8, 4) is 11.1 Å². The highest BCUT2D eigenvalue weighted by atomic mass is 16.3. The van der Waals surface area contributed by atoms with E-state index in [0.717, 1.165) is 22.3 Å². The minimum Gasteiger partial charge on any atom is -0.396 e. The van der Waals surface area contributed by atoms with Gasteiger partial charge in [0.15, 0.2) is 0 Å². The molecule has 0 aliphatic rings. The van der Waals surface area contributed by atoms with Gasteiger partial charge in [0.25, 0.3) is 11.6 Å². The van der Waals surface area contributed by atoms with E-state index in [-0.39, 0.29) is 12.3 Å². The van der Waals surface area contributed by atoms with E-state index < -0.39 is 5.91 Å². The molecule has 4 rings (SSSR count). The maximum Gasteiger partial charge on any atom is 0.252 e. The zero-order chi connectivity index (χ0) is 24.8. The standard InChI is InChI=1S/C27H26N6O2/c1-18-9-11-20(12-10-18)23-22(33(13-6-14-34)26-24(23)25(28)31-17-32-26)15-21(29-2)27(35)30-16-19-7-4-3-5-8-19/h3-5,7-12,15,17,34H,6,13-14,16H2,1H3,(H,30,35)(H2,28,31,32)/b21-15-. The molecule has 0 saturated heterocycles. The van der Waals surface area contributed by atoms with Gasteiger partial charge in [-0.05, 0) is 30.5 Å². The summed E-state index contributed by atoms with van der Waals surface area (Å²) in [6.45, 7) is 10.4. The van der Waals surface area contributed by atoms with Crippen LogP contribution in [0.5, 0.6) is 0 Å². The maximum absolute atomic E-state index is 13.0. The highest BCUT2D eigenvalue weighted by molar-refractivity contribution is 6.07. The van der Waals surface area contributed by atoms with Gasteiger partial charge in [0.05, 0.1) is 12.0 Å². The number of benzene rings is 2. The summed E-state index contributed by atoms with van der Waals surface area (Å²) in [4.78, 5) is 25.1. The average Bonchev–Trinajstić information content (AvgIpc) is 3.19. The second-order valence-corrected chi connectivity index (χ2v) is 8.12. The van der Waals surface area contributed by atoms with Crippen molar-refractivity contribution in [1.82, 2.24) is 19.9 Å². The summed E-state index contributed by atoms with van der Waals surface area (Å²) in [5.41, 5.74) is 11.1. The zero-order valence-corrected chi connectivity index (χ0v) is 19.4. The first-order valence-electron chi connectivity index (χ1n) is 11.2. The van der Waals surface area contributed by atoms with Crippen molar-refractivity contribution in [3.63, 3.8) is 0 Å². The minimum absolute atomic E-state index is 0.0174. The summed E-state index contributed by atoms with van der Waals surface area (Å²) in [5, 5.41) is 13.0. The van der Waals surface area contributed by atoms with E-state index in [1.54, 1.807) is 6.08 Å². The lowest BCUT2D eigenvalue weighted by atomic mass is 10.0. The topological polar surface area (TPSA) is 110 Å². The summed E-state index contributed by atoms with van der Waals surface area (Å²) >= 11 is 0. The summed E-state index contributed by atoms with van der Waals surface area (Å²) in [5.74, 6) is -0.169. The molecule has 2 heterocycles. The first kappa shape index (κ1) is 23.7. The van der Waals surface area contributed by atoms with E-state index in [4.69, 9.17) is 12.3 Å². The van der Waals surface area contributed by atoms with Crippen molar-refractivity contribution in [2.24, 2.45) is 0 Å². The Morgan fingerprint density at radius 3 is 2.60 bits per heavy atom. The van der Waals surface area contributed by atoms with Crippen LogP contribution >= 0.6 is 0 Å². The lowest BCUT2D eigenvalue weighted by molar-refractivity contribution is -0.117. The number of anilines is 1. The predicted molar refractivity (Wildman–Crippen MR) is 137 cm³/mol. The molecule has 4 aromatic rings. The number of aliphatic hydroxyl groups is 1. The smallest absolute Gasteiger partial charge is 0.252 e. The normalized spacial score (nSPS) is 11.4. The third-order valence-electron chi connectivity index (χ3n) is 5.71. The highest BCUT2D eigenvalue weighted by Gasteiger charge is 2.22. The number of nitrogens with two attached hydrogens (primary N) is 1. The largest absolute Gasteiger partial charge is 0.396 e. The molecule has 0 aliphatic carbocycles. The third kappa shape index (κ3) is 5.05. The third-order valence-corrected chi connectivity index (χ3v) is 5.71. The van der Waals surface area contributed by atoms with Gasteiger partial charge in [-0.2, -0.15) is 0 Å². The molecule has 176 valence electrons. The van der Waals surface area contributed by atoms with Crippen LogP contribution in [-0.2, 0) is 17.9 Å². The van der Waals surface area contributed by atoms with Gasteiger partial charge in [-0.1, -0.05) is 60.2 Å². The van der Waals surface area contributed by atoms with Gasteiger partial charge in [-0.15, -0.1) is 0 Å². The Kier molecular flexibility index (Phi) is 7.19. The fourth-order valence-electron chi connectivity index (χ4n) is 3.98. The quantitative estimate of drug-likeness (QED) is 0.269. The number of hydrogen-bond acceptors (Lipinski definition) is 5. The van der Waals surface area contributed by atoms with Crippen LogP contribution in [0.4, 0.5) is 5.82 Å². The Hall–Kier alpha value is -4.48. The van der Waals surface area contributed by atoms with Crippen molar-refractivity contribution in [2.45, 2.75) is 26.4 Å². The lowest BCUT2D eigenvalue weighted by Gasteiger charge is -2.10. The molecule has 35 heavy (non-hydrogen) atoms. The predicted octanol–water partition coefficient (Wildman–Crippen LogP) is 3.95. The molecule has 0 unspecified atom stereocenters. The molecule has 8 nitrogen and oxygen atoms in total. The number of aryl methyl sites for hydroxylation is 2. The average molecular weight is 467 g/mol. The number of hydrogen-bond donors (Lipinski definition) is 3. The number of aliphatic hydroxyl groups excluding tert-OH is 1. The maximum atomic E-state index is 13.0. The number of nitrogen functional groups attached to an aromatic ring is 1. The molecule has 2 aromatic heterocycles. The molecule has 0 bridgehead atoms. The van der Waals surface area contributed by atoms with Crippen LogP contribution in [0.1, 0.15) is 23.2 Å². The molecular formula is C27H26N6O2. The number of amides is 1. The summed E-state index contributed by atoms with van der Waals surface area (Å²) in [6, 6.07) is 17.4. The first-order chi connectivity index (χ1) is 17.0. The highest BCUT2D eigenvalue weighted by Crippen LogP contribution is 2.38. The van der Waals surface area contributed by atoms with E-state index in [1.165, 1.54) is 6.33 Å². The fraction of sp³-hybridized carbons (Fsp3) is 0.185. The monoisotopic (exact) mass is 466 g/mol. The van der Waals surface area contributed by atoms with Crippen LogP contribution in [0.15, 0.2) is 66.6 Å². The van der Waals surface area contributed by atoms with Crippen molar-refractivity contribution in [2.75, 3.05) is 12.3 Å². The van der Waals surface area contributed by atoms with Crippen molar-refractivity contribution in [3.05, 3.63) is 94.9 Å². The Balaban J connectivity index is 1.86. The van der Waals surface area contributed by atoms with Gasteiger partial charge in [-0.3, -0.25) is 4.79 Å². The molecule has 2 aromatic carbocycles. The Labute approximate surface area is 203 Å². The van der Waals surface area contributed by atoms with Crippen molar-refractivity contribution >= 4 is 28.8 Å². The second kappa shape index (κ2) is 10.6. The first-order valence-corrected chi connectivity index (χ1v) is 11.2. The van der Waals surface area contributed by atoms with Crippen LogP contribution in [0.2, 0.25) is 0 Å². The number of fused-ring (bicyclic) bond motifs is 1. The summed E-state index contributed by atoms with van der Waals surface area (Å²) < 4.78 is 1.88. The number of carbonyl (C=O) groups is 1. The van der Waals surface area contributed by atoms with E-state index in [9.17, 15) is 9.90 Å². The van der Waals surface area contributed by atoms with Gasteiger partial charge in [-0.25, -0.2) is 14.8 Å². The summed E-state index contributed by atoms with van der Waals surface area (Å²) in [7, 11) is 0. The van der Waals surface area contributed by atoms with Gasteiger partial charge >= 0.3 is 0 Å². The molecule has 4 N–H and O–H groups in total. The van der Waals surface area contributed by atoms with Gasteiger partial charge in [0.2, 0.25) is 0 Å². The Morgan fingerprint density at radius 1 is 1.17 bits per heavy atom. The minimum atomic E-state index is -0.475. The Morgan fingerprint density at radius 2 is 1.91 bits per heavy atom. The van der Waals surface area contributed by atoms with Crippen LogP contribution in [-0.4, -0.2) is 32.2 Å². The molecule has 0 aliphatic heterocycles. The van der Waals surface area contributed by atoms with E-state index in [0.29, 0.717) is 42.1 Å². The molecule has 0 radical (unpaired) electrons. The molecular weight excluding hydrogens is 440 g/mol. The zero-order valence-electron chi connectivity index (χ0n) is 19.4. The van der Waals surface area contributed by atoms with Gasteiger partial charge < -0.3 is 20.7 Å². The second-order valence-electron chi connectivity index (χ2n) is 8.12. The number of nitrogens with one attached hydrogen (secondary N) is 1. The van der Waals surface area contributed by atoms with E-state index in [2.05, 4.69) is 20.1 Å². The molecule has 0 atom stereocenters. The van der Waals surface area contributed by atoms with Gasteiger partial charge in [0.1, 0.15) is 17.8 Å². The molecule has 0 spiro atoms. The number of nitrogens with zero attached hydrogens (tertiary/aromatic N) is 4. The molecule has 0 saturated carbocycles. The van der Waals surface area contributed by atoms with E-state index >= 15 is 0 Å². The van der Waals surface area contributed by atoms with Crippen LogP contribution in [0.25, 0.3) is 33.1 Å². The number of rotatable bonds is 8. The van der Waals surface area contributed by atoms with Crippen molar-refractivity contribution < 1.29 is 9.90 Å². The molecule has 1 amide bonds. The van der Waals surface area contributed by atoms with Crippen LogP contribution in [0, 0.1) is 13.5 Å². The molecule has 8 heteroatoms. The van der Waals surface area contributed by atoms with Gasteiger partial charge in [0, 0.05) is 31.0 Å². The Bertz CT molecular complexity index is 1420. The summed E-state index contributed by atoms with van der Waals surface area (Å²) in [6.07, 6.45) is 3.43. The van der Waals surface area contributed by atoms with Crippen LogP contribution < -0.4 is 11.1 Å².